The zero-order valence-corrected chi connectivity index (χ0v) is 16.1. The first-order chi connectivity index (χ1) is 13.8. The number of alkyl halides is 3. The maximum atomic E-state index is 13.4. The molecule has 0 aliphatic carbocycles. The molecule has 3 rings (SSSR count). The molecular weight excluding hydrogens is 383 g/mol. The van der Waals surface area contributed by atoms with E-state index >= 15 is 0 Å². The number of hydrogen-bond acceptors (Lipinski definition) is 6. The Morgan fingerprint density at radius 2 is 1.72 bits per heavy atom. The quantitative estimate of drug-likeness (QED) is 0.575. The summed E-state index contributed by atoms with van der Waals surface area (Å²) in [7, 11) is 0. The smallest absolute Gasteiger partial charge is 0.421 e. The lowest BCUT2D eigenvalue weighted by atomic mass is 10.2. The zero-order chi connectivity index (χ0) is 21.0. The van der Waals surface area contributed by atoms with Crippen LogP contribution in [0.25, 0.3) is 0 Å². The Kier molecular flexibility index (Phi) is 5.86. The lowest BCUT2D eigenvalue weighted by Gasteiger charge is -2.16. The van der Waals surface area contributed by atoms with Crippen LogP contribution in [-0.4, -0.2) is 21.6 Å². The van der Waals surface area contributed by atoms with Crippen molar-refractivity contribution in [1.82, 2.24) is 15.0 Å². The summed E-state index contributed by atoms with van der Waals surface area (Å²) < 4.78 is 45.6. The third-order valence-corrected chi connectivity index (χ3v) is 4.03. The van der Waals surface area contributed by atoms with Gasteiger partial charge in [0.05, 0.1) is 12.3 Å². The van der Waals surface area contributed by atoms with Gasteiger partial charge < -0.3 is 15.4 Å². The van der Waals surface area contributed by atoms with Crippen molar-refractivity contribution in [3.05, 3.63) is 59.4 Å². The van der Waals surface area contributed by atoms with Crippen molar-refractivity contribution in [2.45, 2.75) is 26.9 Å². The van der Waals surface area contributed by atoms with Crippen LogP contribution >= 0.6 is 0 Å². The monoisotopic (exact) mass is 403 g/mol. The van der Waals surface area contributed by atoms with Crippen molar-refractivity contribution in [3.8, 4) is 5.88 Å². The van der Waals surface area contributed by atoms with E-state index < -0.39 is 11.7 Å². The summed E-state index contributed by atoms with van der Waals surface area (Å²) in [6.45, 7) is 5.97. The van der Waals surface area contributed by atoms with Crippen molar-refractivity contribution in [2.24, 2.45) is 0 Å². The number of rotatable bonds is 6. The zero-order valence-electron chi connectivity index (χ0n) is 16.1. The van der Waals surface area contributed by atoms with Crippen molar-refractivity contribution in [2.75, 3.05) is 17.2 Å². The Labute approximate surface area is 166 Å². The first kappa shape index (κ1) is 20.4. The van der Waals surface area contributed by atoms with Crippen LogP contribution in [-0.2, 0) is 6.18 Å². The molecule has 29 heavy (non-hydrogen) atoms. The summed E-state index contributed by atoms with van der Waals surface area (Å²) in [4.78, 5) is 12.0. The molecule has 0 fully saturated rings. The number of aromatic nitrogens is 3. The Hall–Kier alpha value is -3.36. The van der Waals surface area contributed by atoms with Gasteiger partial charge in [0.2, 0.25) is 11.8 Å². The molecule has 0 bridgehead atoms. The van der Waals surface area contributed by atoms with Gasteiger partial charge in [0, 0.05) is 24.1 Å². The maximum Gasteiger partial charge on any atom is 0.421 e. The molecule has 0 amide bonds. The van der Waals surface area contributed by atoms with Gasteiger partial charge in [0.1, 0.15) is 11.4 Å². The third kappa shape index (κ3) is 5.13. The fraction of sp³-hybridized carbons (Fsp3) is 0.250. The molecule has 6 nitrogen and oxygen atoms in total. The summed E-state index contributed by atoms with van der Waals surface area (Å²) >= 11 is 0. The number of nitrogens with one attached hydrogen (secondary N) is 2. The highest BCUT2D eigenvalue weighted by molar-refractivity contribution is 5.64. The highest BCUT2D eigenvalue weighted by atomic mass is 19.4. The Balaban J connectivity index is 1.94. The van der Waals surface area contributed by atoms with Gasteiger partial charge in [-0.25, -0.2) is 9.97 Å². The molecular formula is C20H20F3N5O. The second-order valence-electron chi connectivity index (χ2n) is 6.34. The number of benzene rings is 1. The van der Waals surface area contributed by atoms with E-state index in [0.717, 1.165) is 17.3 Å². The minimum Gasteiger partial charge on any atom is -0.478 e. The fourth-order valence-electron chi connectivity index (χ4n) is 2.50. The number of aryl methyl sites for hydroxylation is 2. The van der Waals surface area contributed by atoms with Gasteiger partial charge in [0.25, 0.3) is 0 Å². The molecule has 2 aromatic heterocycles. The van der Waals surface area contributed by atoms with Crippen LogP contribution in [0.2, 0.25) is 0 Å². The van der Waals surface area contributed by atoms with E-state index in [1.54, 1.807) is 43.5 Å². The van der Waals surface area contributed by atoms with Crippen LogP contribution in [0.3, 0.4) is 0 Å². The van der Waals surface area contributed by atoms with Crippen LogP contribution in [0.5, 0.6) is 5.88 Å². The first-order valence-corrected chi connectivity index (χ1v) is 8.90. The van der Waals surface area contributed by atoms with E-state index in [9.17, 15) is 13.2 Å². The number of pyridine rings is 1. The molecule has 0 saturated carbocycles. The van der Waals surface area contributed by atoms with Crippen molar-refractivity contribution in [3.63, 3.8) is 0 Å². The van der Waals surface area contributed by atoms with Gasteiger partial charge in [0.15, 0.2) is 0 Å². The molecule has 152 valence electrons. The van der Waals surface area contributed by atoms with Crippen LogP contribution in [0.4, 0.5) is 36.3 Å². The predicted molar refractivity (Wildman–Crippen MR) is 105 cm³/mol. The van der Waals surface area contributed by atoms with E-state index in [1.807, 2.05) is 13.8 Å². The summed E-state index contributed by atoms with van der Waals surface area (Å²) in [6, 6.07) is 8.61. The van der Waals surface area contributed by atoms with Gasteiger partial charge in [-0.3, -0.25) is 0 Å². The Morgan fingerprint density at radius 3 is 2.38 bits per heavy atom. The Morgan fingerprint density at radius 1 is 1.00 bits per heavy atom. The first-order valence-electron chi connectivity index (χ1n) is 8.90. The summed E-state index contributed by atoms with van der Waals surface area (Å²) in [5.74, 6) is 0.0745. The van der Waals surface area contributed by atoms with Crippen LogP contribution in [0.1, 0.15) is 23.6 Å². The maximum absolute atomic E-state index is 13.4. The topological polar surface area (TPSA) is 72.0 Å². The third-order valence-electron chi connectivity index (χ3n) is 4.03. The summed E-state index contributed by atoms with van der Waals surface area (Å²) in [5.41, 5.74) is 1.89. The fourth-order valence-corrected chi connectivity index (χ4v) is 2.50. The molecule has 0 aliphatic heterocycles. The molecule has 3 aromatic rings. The van der Waals surface area contributed by atoms with E-state index in [2.05, 4.69) is 25.6 Å². The molecule has 0 aliphatic rings. The van der Waals surface area contributed by atoms with Crippen molar-refractivity contribution >= 4 is 23.1 Å². The molecule has 9 heteroatoms. The standard InChI is InChI=1S/C20H20F3N5O/c1-4-29-17-9-16(13(3)10-24-17)27-19-25-11-15(20(21,22)23)18(28-19)26-14-7-5-12(2)6-8-14/h5-11H,4H2,1-3H3,(H2,24,25,26,27,28). The highest BCUT2D eigenvalue weighted by Gasteiger charge is 2.35. The van der Waals surface area contributed by atoms with Gasteiger partial charge in [-0.2, -0.15) is 18.2 Å². The SMILES string of the molecule is CCOc1cc(Nc2ncc(C(F)(F)F)c(Nc3ccc(C)cc3)n2)c(C)cn1. The molecule has 0 atom stereocenters. The average Bonchev–Trinajstić information content (AvgIpc) is 2.66. The summed E-state index contributed by atoms with van der Waals surface area (Å²) in [5, 5.41) is 5.67. The van der Waals surface area contributed by atoms with Gasteiger partial charge in [-0.05, 0) is 38.5 Å². The van der Waals surface area contributed by atoms with E-state index in [1.165, 1.54) is 0 Å². The molecule has 0 saturated heterocycles. The number of anilines is 4. The minimum absolute atomic E-state index is 0.0179. The summed E-state index contributed by atoms with van der Waals surface area (Å²) in [6.07, 6.45) is -2.24. The molecule has 0 unspecified atom stereocenters. The second-order valence-corrected chi connectivity index (χ2v) is 6.34. The van der Waals surface area contributed by atoms with Gasteiger partial charge in [-0.15, -0.1) is 0 Å². The van der Waals surface area contributed by atoms with E-state index in [4.69, 9.17) is 4.74 Å². The number of nitrogens with zero attached hydrogens (tertiary/aromatic N) is 3. The van der Waals surface area contributed by atoms with Crippen LogP contribution in [0, 0.1) is 13.8 Å². The number of halogens is 3. The van der Waals surface area contributed by atoms with E-state index in [-0.39, 0.29) is 11.8 Å². The Bertz CT molecular complexity index is 990. The second kappa shape index (κ2) is 8.34. The highest BCUT2D eigenvalue weighted by Crippen LogP contribution is 2.35. The van der Waals surface area contributed by atoms with Gasteiger partial charge >= 0.3 is 6.18 Å². The van der Waals surface area contributed by atoms with Gasteiger partial charge in [-0.1, -0.05) is 17.7 Å². The van der Waals surface area contributed by atoms with Crippen LogP contribution < -0.4 is 15.4 Å². The van der Waals surface area contributed by atoms with E-state index in [0.29, 0.717) is 23.9 Å². The molecule has 2 N–H and O–H groups in total. The molecule has 0 radical (unpaired) electrons. The average molecular weight is 403 g/mol. The molecule has 1 aromatic carbocycles. The number of ether oxygens (including phenoxy) is 1. The van der Waals surface area contributed by atoms with Crippen molar-refractivity contribution in [1.29, 1.82) is 0 Å². The van der Waals surface area contributed by atoms with Crippen molar-refractivity contribution < 1.29 is 17.9 Å². The predicted octanol–water partition coefficient (Wildman–Crippen LogP) is 5.39. The normalized spacial score (nSPS) is 11.2. The minimum atomic E-state index is -4.60. The largest absolute Gasteiger partial charge is 0.478 e. The number of hydrogen-bond donors (Lipinski definition) is 2. The lowest BCUT2D eigenvalue weighted by molar-refractivity contribution is -0.137. The molecule has 2 heterocycles. The lowest BCUT2D eigenvalue weighted by Crippen LogP contribution is -2.13. The van der Waals surface area contributed by atoms with Crippen LogP contribution in [0.15, 0.2) is 42.7 Å². The molecule has 0 spiro atoms.